The second-order valence-corrected chi connectivity index (χ2v) is 5.43. The number of esters is 1. The molecule has 0 amide bonds. The molecule has 0 unspecified atom stereocenters. The molecule has 0 spiro atoms. The standard InChI is InChI=1S/C16H16O6/c17-9-11-4-6-16(10-18,7-5-11)22-15(21)13-3-1-2-12(8-13)14(19)20/h1-3,8-11H,4-7H2,(H,19,20). The predicted octanol–water partition coefficient (Wildman–Crippen LogP) is 1.87. The summed E-state index contributed by atoms with van der Waals surface area (Å²) in [5.74, 6) is -1.99. The van der Waals surface area contributed by atoms with Gasteiger partial charge >= 0.3 is 11.9 Å². The van der Waals surface area contributed by atoms with Crippen molar-refractivity contribution in [1.29, 1.82) is 0 Å². The van der Waals surface area contributed by atoms with Crippen LogP contribution in [0.5, 0.6) is 0 Å². The first kappa shape index (κ1) is 15.9. The second-order valence-electron chi connectivity index (χ2n) is 5.43. The van der Waals surface area contributed by atoms with Crippen LogP contribution in [0.3, 0.4) is 0 Å². The molecule has 1 saturated carbocycles. The Kier molecular flexibility index (Phi) is 4.70. The number of carbonyl (C=O) groups is 4. The first-order chi connectivity index (χ1) is 10.5. The van der Waals surface area contributed by atoms with E-state index in [-0.39, 0.29) is 17.0 Å². The average molecular weight is 304 g/mol. The summed E-state index contributed by atoms with van der Waals surface area (Å²) in [5, 5.41) is 8.92. The highest BCUT2D eigenvalue weighted by atomic mass is 16.6. The lowest BCUT2D eigenvalue weighted by Gasteiger charge is -2.33. The molecule has 6 nitrogen and oxygen atoms in total. The van der Waals surface area contributed by atoms with Gasteiger partial charge in [-0.1, -0.05) is 6.07 Å². The fourth-order valence-corrected chi connectivity index (χ4v) is 2.53. The number of benzene rings is 1. The van der Waals surface area contributed by atoms with Gasteiger partial charge in [-0.15, -0.1) is 0 Å². The predicted molar refractivity (Wildman–Crippen MR) is 75.6 cm³/mol. The number of aromatic carboxylic acids is 1. The zero-order chi connectivity index (χ0) is 16.2. The molecule has 1 aliphatic rings. The maximum absolute atomic E-state index is 12.2. The van der Waals surface area contributed by atoms with Gasteiger partial charge in [-0.05, 0) is 43.9 Å². The van der Waals surface area contributed by atoms with Crippen molar-refractivity contribution < 1.29 is 29.0 Å². The molecule has 0 radical (unpaired) electrons. The number of carboxylic acids is 1. The van der Waals surface area contributed by atoms with E-state index in [1.165, 1.54) is 24.3 Å². The molecular weight excluding hydrogens is 288 g/mol. The Morgan fingerprint density at radius 3 is 2.36 bits per heavy atom. The van der Waals surface area contributed by atoms with Crippen LogP contribution in [-0.4, -0.2) is 35.2 Å². The molecule has 22 heavy (non-hydrogen) atoms. The highest BCUT2D eigenvalue weighted by Crippen LogP contribution is 2.33. The van der Waals surface area contributed by atoms with Crippen LogP contribution in [0.4, 0.5) is 0 Å². The minimum Gasteiger partial charge on any atom is -0.478 e. The Hall–Kier alpha value is -2.50. The number of hydrogen-bond donors (Lipinski definition) is 1. The summed E-state index contributed by atoms with van der Waals surface area (Å²) in [6.07, 6.45) is 3.03. The Balaban J connectivity index is 2.13. The summed E-state index contributed by atoms with van der Waals surface area (Å²) in [6, 6.07) is 5.45. The molecule has 1 fully saturated rings. The summed E-state index contributed by atoms with van der Waals surface area (Å²) in [7, 11) is 0. The fraction of sp³-hybridized carbons (Fsp3) is 0.375. The summed E-state index contributed by atoms with van der Waals surface area (Å²) in [5.41, 5.74) is -1.17. The smallest absolute Gasteiger partial charge is 0.339 e. The van der Waals surface area contributed by atoms with Gasteiger partial charge in [0.15, 0.2) is 11.9 Å². The van der Waals surface area contributed by atoms with E-state index >= 15 is 0 Å². The van der Waals surface area contributed by atoms with E-state index in [9.17, 15) is 19.2 Å². The van der Waals surface area contributed by atoms with Crippen molar-refractivity contribution in [2.45, 2.75) is 31.3 Å². The topological polar surface area (TPSA) is 97.7 Å². The molecule has 1 aliphatic carbocycles. The van der Waals surface area contributed by atoms with Crippen LogP contribution in [0.15, 0.2) is 24.3 Å². The van der Waals surface area contributed by atoms with E-state index in [0.29, 0.717) is 32.0 Å². The quantitative estimate of drug-likeness (QED) is 0.658. The minimum absolute atomic E-state index is 0.0285. The number of carboxylic acid groups (broad SMARTS) is 1. The van der Waals surface area contributed by atoms with Gasteiger partial charge in [0.1, 0.15) is 6.29 Å². The van der Waals surface area contributed by atoms with Gasteiger partial charge in [-0.25, -0.2) is 9.59 Å². The summed E-state index contributed by atoms with van der Waals surface area (Å²) in [4.78, 5) is 45.2. The van der Waals surface area contributed by atoms with Gasteiger partial charge in [0.05, 0.1) is 11.1 Å². The summed E-state index contributed by atoms with van der Waals surface area (Å²) >= 11 is 0. The molecule has 116 valence electrons. The fourth-order valence-electron chi connectivity index (χ4n) is 2.53. The van der Waals surface area contributed by atoms with Crippen LogP contribution in [0.25, 0.3) is 0 Å². The number of hydrogen-bond acceptors (Lipinski definition) is 5. The van der Waals surface area contributed by atoms with E-state index in [2.05, 4.69) is 0 Å². The monoisotopic (exact) mass is 304 g/mol. The van der Waals surface area contributed by atoms with Crippen LogP contribution in [0.2, 0.25) is 0 Å². The van der Waals surface area contributed by atoms with Crippen molar-refractivity contribution in [1.82, 2.24) is 0 Å². The van der Waals surface area contributed by atoms with Crippen LogP contribution in [0.1, 0.15) is 46.4 Å². The molecule has 1 N–H and O–H groups in total. The minimum atomic E-state index is -1.23. The van der Waals surface area contributed by atoms with Crippen molar-refractivity contribution in [3.05, 3.63) is 35.4 Å². The van der Waals surface area contributed by atoms with E-state index in [1.807, 2.05) is 0 Å². The molecule has 0 aliphatic heterocycles. The zero-order valence-corrected chi connectivity index (χ0v) is 11.9. The van der Waals surface area contributed by atoms with Gasteiger partial charge < -0.3 is 14.6 Å². The van der Waals surface area contributed by atoms with Crippen LogP contribution in [-0.2, 0) is 14.3 Å². The second kappa shape index (κ2) is 6.51. The molecule has 0 bridgehead atoms. The van der Waals surface area contributed by atoms with Gasteiger partial charge in [0.2, 0.25) is 0 Å². The molecular formula is C16H16O6. The molecule has 0 atom stereocenters. The van der Waals surface area contributed by atoms with E-state index < -0.39 is 17.5 Å². The van der Waals surface area contributed by atoms with Gasteiger partial charge in [-0.2, -0.15) is 0 Å². The Bertz CT molecular complexity index is 598. The Morgan fingerprint density at radius 1 is 1.18 bits per heavy atom. The highest BCUT2D eigenvalue weighted by Gasteiger charge is 2.39. The lowest BCUT2D eigenvalue weighted by molar-refractivity contribution is -0.131. The third-order valence-electron chi connectivity index (χ3n) is 3.93. The average Bonchev–Trinajstić information content (AvgIpc) is 2.55. The number of rotatable bonds is 5. The molecule has 1 aromatic rings. The number of aldehydes is 2. The lowest BCUT2D eigenvalue weighted by atomic mass is 9.80. The van der Waals surface area contributed by atoms with Crippen LogP contribution >= 0.6 is 0 Å². The molecule has 0 saturated heterocycles. The first-order valence-corrected chi connectivity index (χ1v) is 6.98. The van der Waals surface area contributed by atoms with Crippen molar-refractivity contribution in [3.8, 4) is 0 Å². The lowest BCUT2D eigenvalue weighted by Crippen LogP contribution is -2.41. The van der Waals surface area contributed by atoms with Crippen LogP contribution < -0.4 is 0 Å². The normalized spacial score (nSPS) is 24.3. The summed E-state index contributed by atoms with van der Waals surface area (Å²) in [6.45, 7) is 0. The number of ether oxygens (including phenoxy) is 1. The van der Waals surface area contributed by atoms with Gasteiger partial charge in [-0.3, -0.25) is 4.79 Å². The maximum atomic E-state index is 12.2. The molecule has 0 heterocycles. The molecule has 6 heteroatoms. The zero-order valence-electron chi connectivity index (χ0n) is 11.9. The molecule has 0 aromatic heterocycles. The van der Waals surface area contributed by atoms with Crippen molar-refractivity contribution in [2.24, 2.45) is 5.92 Å². The van der Waals surface area contributed by atoms with Crippen molar-refractivity contribution in [2.75, 3.05) is 0 Å². The third-order valence-corrected chi connectivity index (χ3v) is 3.93. The Morgan fingerprint density at radius 2 is 1.82 bits per heavy atom. The van der Waals surface area contributed by atoms with Crippen molar-refractivity contribution >= 4 is 24.5 Å². The largest absolute Gasteiger partial charge is 0.478 e. The van der Waals surface area contributed by atoms with Gasteiger partial charge in [0.25, 0.3) is 0 Å². The van der Waals surface area contributed by atoms with E-state index in [1.54, 1.807) is 0 Å². The summed E-state index contributed by atoms with van der Waals surface area (Å²) < 4.78 is 5.33. The van der Waals surface area contributed by atoms with Crippen LogP contribution in [0, 0.1) is 5.92 Å². The highest BCUT2D eigenvalue weighted by molar-refractivity contribution is 5.95. The van der Waals surface area contributed by atoms with E-state index in [4.69, 9.17) is 9.84 Å². The van der Waals surface area contributed by atoms with Crippen molar-refractivity contribution in [3.63, 3.8) is 0 Å². The first-order valence-electron chi connectivity index (χ1n) is 6.98. The maximum Gasteiger partial charge on any atom is 0.339 e. The molecule has 1 aromatic carbocycles. The number of carbonyl (C=O) groups excluding carboxylic acids is 3. The Labute approximate surface area is 127 Å². The molecule has 2 rings (SSSR count). The van der Waals surface area contributed by atoms with E-state index in [0.717, 1.165) is 6.29 Å². The SMILES string of the molecule is O=CC1CCC(C=O)(OC(=O)c2cccc(C(=O)O)c2)CC1. The third kappa shape index (κ3) is 3.39. The van der Waals surface area contributed by atoms with Gasteiger partial charge in [0, 0.05) is 5.92 Å².